The van der Waals surface area contributed by atoms with Gasteiger partial charge in [0.25, 0.3) is 11.8 Å². The van der Waals surface area contributed by atoms with Crippen LogP contribution < -0.4 is 10.2 Å². The highest BCUT2D eigenvalue weighted by molar-refractivity contribution is 6.00. The number of hydrogen-bond acceptors (Lipinski definition) is 4. The molecule has 4 rings (SSSR count). The highest BCUT2D eigenvalue weighted by Gasteiger charge is 2.27. The number of piperazine rings is 1. The molecule has 0 spiro atoms. The Morgan fingerprint density at radius 2 is 1.47 bits per heavy atom. The lowest BCUT2D eigenvalue weighted by molar-refractivity contribution is 0.0664. The van der Waals surface area contributed by atoms with E-state index in [0.29, 0.717) is 5.56 Å². The molecule has 2 aliphatic heterocycles. The van der Waals surface area contributed by atoms with Gasteiger partial charge >= 0.3 is 0 Å². The third kappa shape index (κ3) is 4.65. The summed E-state index contributed by atoms with van der Waals surface area (Å²) in [5.74, 6) is 0.109. The summed E-state index contributed by atoms with van der Waals surface area (Å²) < 4.78 is 0. The van der Waals surface area contributed by atoms with Crippen molar-refractivity contribution in [2.45, 2.75) is 18.9 Å². The van der Waals surface area contributed by atoms with Crippen molar-refractivity contribution < 1.29 is 9.59 Å². The number of amides is 2. The zero-order valence-electron chi connectivity index (χ0n) is 17.6. The van der Waals surface area contributed by atoms with Gasteiger partial charge in [0.2, 0.25) is 0 Å². The van der Waals surface area contributed by atoms with Crippen LogP contribution in [-0.2, 0) is 0 Å². The zero-order valence-corrected chi connectivity index (χ0v) is 17.6. The predicted octanol–water partition coefficient (Wildman–Crippen LogP) is 2.47. The van der Waals surface area contributed by atoms with Crippen molar-refractivity contribution in [2.75, 3.05) is 51.2 Å². The summed E-state index contributed by atoms with van der Waals surface area (Å²) >= 11 is 0. The molecule has 6 heteroatoms. The quantitative estimate of drug-likeness (QED) is 0.848. The molecule has 0 aromatic heterocycles. The molecular weight excluding hydrogens is 376 g/mol. The molecule has 0 saturated carbocycles. The Labute approximate surface area is 178 Å². The maximum atomic E-state index is 13.2. The van der Waals surface area contributed by atoms with E-state index in [1.165, 1.54) is 0 Å². The van der Waals surface area contributed by atoms with E-state index in [0.717, 1.165) is 63.4 Å². The molecule has 0 bridgehead atoms. The number of nitrogens with one attached hydrogen (secondary N) is 1. The molecule has 2 amide bonds. The van der Waals surface area contributed by atoms with Crippen LogP contribution in [0.25, 0.3) is 0 Å². The molecular formula is C24H30N4O2. The third-order valence-electron chi connectivity index (χ3n) is 6.13. The summed E-state index contributed by atoms with van der Waals surface area (Å²) in [5, 5.41) is 3.15. The molecule has 2 aliphatic rings. The zero-order chi connectivity index (χ0) is 20.9. The Hall–Kier alpha value is -2.86. The van der Waals surface area contributed by atoms with E-state index in [2.05, 4.69) is 22.2 Å². The molecule has 2 aromatic rings. The number of anilines is 1. The van der Waals surface area contributed by atoms with Crippen LogP contribution in [0.2, 0.25) is 0 Å². The summed E-state index contributed by atoms with van der Waals surface area (Å²) in [5.41, 5.74) is 2.49. The molecule has 2 saturated heterocycles. The lowest BCUT2D eigenvalue weighted by Crippen LogP contribution is -2.48. The Morgan fingerprint density at radius 1 is 0.833 bits per heavy atom. The van der Waals surface area contributed by atoms with E-state index in [-0.39, 0.29) is 17.9 Å². The number of rotatable bonds is 4. The molecule has 30 heavy (non-hydrogen) atoms. The molecule has 0 radical (unpaired) electrons. The van der Waals surface area contributed by atoms with E-state index in [1.54, 1.807) is 0 Å². The van der Waals surface area contributed by atoms with Crippen LogP contribution in [0.15, 0.2) is 54.6 Å². The predicted molar refractivity (Wildman–Crippen MR) is 119 cm³/mol. The Kier molecular flexibility index (Phi) is 6.33. The minimum absolute atomic E-state index is 0.0142. The first-order valence-electron chi connectivity index (χ1n) is 10.8. The van der Waals surface area contributed by atoms with Crippen LogP contribution in [0, 0.1) is 0 Å². The molecule has 1 N–H and O–H groups in total. The number of hydrogen-bond donors (Lipinski definition) is 1. The molecule has 0 aliphatic carbocycles. The Balaban J connectivity index is 1.38. The van der Waals surface area contributed by atoms with Crippen molar-refractivity contribution in [1.82, 2.24) is 15.1 Å². The molecule has 0 unspecified atom stereocenters. The minimum Gasteiger partial charge on any atom is -0.371 e. The van der Waals surface area contributed by atoms with Crippen LogP contribution >= 0.6 is 0 Å². The van der Waals surface area contributed by atoms with Gasteiger partial charge in [0.05, 0.1) is 5.56 Å². The smallest absolute Gasteiger partial charge is 0.256 e. The lowest BCUT2D eigenvalue weighted by atomic mass is 10.0. The van der Waals surface area contributed by atoms with Gasteiger partial charge in [0.1, 0.15) is 0 Å². The molecule has 6 nitrogen and oxygen atoms in total. The van der Waals surface area contributed by atoms with Crippen molar-refractivity contribution in [3.63, 3.8) is 0 Å². The van der Waals surface area contributed by atoms with Gasteiger partial charge in [0, 0.05) is 56.6 Å². The highest BCUT2D eigenvalue weighted by atomic mass is 16.2. The number of para-hydroxylation sites is 1. The average Bonchev–Trinajstić information content (AvgIpc) is 2.80. The second-order valence-electron chi connectivity index (χ2n) is 8.21. The van der Waals surface area contributed by atoms with Gasteiger partial charge in [-0.3, -0.25) is 9.59 Å². The topological polar surface area (TPSA) is 55.9 Å². The maximum Gasteiger partial charge on any atom is 0.256 e. The maximum absolute atomic E-state index is 13.2. The van der Waals surface area contributed by atoms with Gasteiger partial charge in [0.15, 0.2) is 0 Å². The first-order chi connectivity index (χ1) is 14.6. The van der Waals surface area contributed by atoms with Crippen LogP contribution in [0.4, 0.5) is 5.69 Å². The van der Waals surface area contributed by atoms with Crippen LogP contribution in [0.1, 0.15) is 33.6 Å². The average molecular weight is 407 g/mol. The summed E-state index contributed by atoms with van der Waals surface area (Å²) in [6.07, 6.45) is 1.74. The molecule has 2 heterocycles. The second-order valence-corrected chi connectivity index (χ2v) is 8.21. The second kappa shape index (κ2) is 9.30. The third-order valence-corrected chi connectivity index (χ3v) is 6.13. The largest absolute Gasteiger partial charge is 0.371 e. The van der Waals surface area contributed by atoms with Gasteiger partial charge < -0.3 is 20.0 Å². The normalized spacial score (nSPS) is 18.3. The van der Waals surface area contributed by atoms with Crippen LogP contribution in [0.5, 0.6) is 0 Å². The number of carbonyl (C=O) groups is 2. The monoisotopic (exact) mass is 406 g/mol. The van der Waals surface area contributed by atoms with Gasteiger partial charge in [-0.15, -0.1) is 0 Å². The van der Waals surface area contributed by atoms with Crippen molar-refractivity contribution in [3.8, 4) is 0 Å². The standard InChI is InChI=1S/C24H30N4O2/c1-26-15-17-28(18-16-26)24(30)21-9-5-6-10-22(21)27-13-11-20(12-14-27)25-23(29)19-7-3-2-4-8-19/h2-10,20H,11-18H2,1H3,(H,25,29). The van der Waals surface area contributed by atoms with E-state index in [1.807, 2.05) is 59.5 Å². The number of likely N-dealkylation sites (N-methyl/N-ethyl adjacent to an activating group) is 1. The van der Waals surface area contributed by atoms with Crippen LogP contribution in [-0.4, -0.2) is 74.0 Å². The fraction of sp³-hybridized carbons (Fsp3) is 0.417. The van der Waals surface area contributed by atoms with E-state index in [9.17, 15) is 9.59 Å². The summed E-state index contributed by atoms with van der Waals surface area (Å²) in [7, 11) is 2.09. The van der Waals surface area contributed by atoms with Gasteiger partial charge in [-0.2, -0.15) is 0 Å². The number of nitrogens with zero attached hydrogens (tertiary/aromatic N) is 3. The SMILES string of the molecule is CN1CCN(C(=O)c2ccccc2N2CCC(NC(=O)c3ccccc3)CC2)CC1. The summed E-state index contributed by atoms with van der Waals surface area (Å²) in [4.78, 5) is 32.1. The van der Waals surface area contributed by atoms with Gasteiger partial charge in [-0.1, -0.05) is 30.3 Å². The first kappa shape index (κ1) is 20.4. The van der Waals surface area contributed by atoms with E-state index < -0.39 is 0 Å². The van der Waals surface area contributed by atoms with Gasteiger partial charge in [-0.05, 0) is 44.2 Å². The number of piperidine rings is 1. The van der Waals surface area contributed by atoms with Crippen molar-refractivity contribution in [3.05, 3.63) is 65.7 Å². The number of benzene rings is 2. The fourth-order valence-corrected chi connectivity index (χ4v) is 4.23. The van der Waals surface area contributed by atoms with Crippen molar-refractivity contribution in [2.24, 2.45) is 0 Å². The van der Waals surface area contributed by atoms with Crippen molar-refractivity contribution >= 4 is 17.5 Å². The first-order valence-corrected chi connectivity index (χ1v) is 10.8. The molecule has 2 fully saturated rings. The molecule has 0 atom stereocenters. The molecule has 2 aromatic carbocycles. The summed E-state index contributed by atoms with van der Waals surface area (Å²) in [6, 6.07) is 17.4. The van der Waals surface area contributed by atoms with Crippen molar-refractivity contribution in [1.29, 1.82) is 0 Å². The molecule has 158 valence electrons. The number of carbonyl (C=O) groups excluding carboxylic acids is 2. The Morgan fingerprint density at radius 3 is 2.17 bits per heavy atom. The lowest BCUT2D eigenvalue weighted by Gasteiger charge is -2.36. The summed E-state index contributed by atoms with van der Waals surface area (Å²) in [6.45, 7) is 5.04. The van der Waals surface area contributed by atoms with Crippen LogP contribution in [0.3, 0.4) is 0 Å². The minimum atomic E-state index is -0.0142. The fourth-order valence-electron chi connectivity index (χ4n) is 4.23. The van der Waals surface area contributed by atoms with E-state index >= 15 is 0 Å². The Bertz CT molecular complexity index is 870. The van der Waals surface area contributed by atoms with Gasteiger partial charge in [-0.25, -0.2) is 0 Å². The highest BCUT2D eigenvalue weighted by Crippen LogP contribution is 2.26. The van der Waals surface area contributed by atoms with E-state index in [4.69, 9.17) is 0 Å².